The Morgan fingerprint density at radius 3 is 2.30 bits per heavy atom. The van der Waals surface area contributed by atoms with Crippen LogP contribution in [0, 0.1) is 5.92 Å². The topological polar surface area (TPSA) is 73.9 Å². The minimum Gasteiger partial charge on any atom is -0.464 e. The Kier molecular flexibility index (Phi) is 7.83. The fraction of sp³-hybridized carbons (Fsp3) is 0.412. The number of hydrogen-bond acceptors (Lipinski definition) is 5. The van der Waals surface area contributed by atoms with Crippen LogP contribution in [0.25, 0.3) is 0 Å². The standard InChI is InChI=1S/C17H23NO5/c1-12(2)15(23-11-13-8-6-5-7-9-13)10-14(16(19)21-3)18-17(20)22-4/h5-10,12,15H,11H2,1-4H3,(H,18,20)/b14-10-/t15-/m0/s1. The fourth-order valence-electron chi connectivity index (χ4n) is 1.80. The number of ether oxygens (including phenoxy) is 3. The molecule has 6 nitrogen and oxygen atoms in total. The van der Waals surface area contributed by atoms with Crippen LogP contribution < -0.4 is 5.32 Å². The number of hydrogen-bond donors (Lipinski definition) is 1. The first-order valence-electron chi connectivity index (χ1n) is 7.28. The van der Waals surface area contributed by atoms with Gasteiger partial charge in [-0.3, -0.25) is 5.32 Å². The number of methoxy groups -OCH3 is 2. The molecule has 126 valence electrons. The first-order chi connectivity index (χ1) is 11.0. The van der Waals surface area contributed by atoms with Crippen LogP contribution in [0.15, 0.2) is 42.1 Å². The molecule has 0 radical (unpaired) electrons. The van der Waals surface area contributed by atoms with Crippen LogP contribution in [0.5, 0.6) is 0 Å². The van der Waals surface area contributed by atoms with Crippen LogP contribution in [0.2, 0.25) is 0 Å². The largest absolute Gasteiger partial charge is 0.464 e. The van der Waals surface area contributed by atoms with Crippen molar-refractivity contribution >= 4 is 12.1 Å². The van der Waals surface area contributed by atoms with Gasteiger partial charge in [0, 0.05) is 0 Å². The van der Waals surface area contributed by atoms with Crippen molar-refractivity contribution in [1.29, 1.82) is 0 Å². The molecule has 1 amide bonds. The van der Waals surface area contributed by atoms with E-state index in [-0.39, 0.29) is 17.7 Å². The molecule has 0 aliphatic heterocycles. The average Bonchev–Trinajstić information content (AvgIpc) is 2.57. The summed E-state index contributed by atoms with van der Waals surface area (Å²) in [6.07, 6.45) is 0.421. The Hall–Kier alpha value is -2.34. The van der Waals surface area contributed by atoms with E-state index < -0.39 is 12.1 Å². The zero-order valence-electron chi connectivity index (χ0n) is 13.9. The Morgan fingerprint density at radius 2 is 1.78 bits per heavy atom. The van der Waals surface area contributed by atoms with Gasteiger partial charge in [0.1, 0.15) is 5.70 Å². The van der Waals surface area contributed by atoms with E-state index in [1.54, 1.807) is 0 Å². The van der Waals surface area contributed by atoms with Gasteiger partial charge in [0.2, 0.25) is 0 Å². The maximum atomic E-state index is 11.8. The minimum absolute atomic E-state index is 0.00823. The average molecular weight is 321 g/mol. The lowest BCUT2D eigenvalue weighted by molar-refractivity contribution is -0.136. The van der Waals surface area contributed by atoms with Gasteiger partial charge in [-0.25, -0.2) is 9.59 Å². The number of carbonyl (C=O) groups excluding carboxylic acids is 2. The lowest BCUT2D eigenvalue weighted by Gasteiger charge is -2.19. The Balaban J connectivity index is 2.86. The number of esters is 1. The van der Waals surface area contributed by atoms with Gasteiger partial charge in [-0.05, 0) is 17.6 Å². The Labute approximate surface area is 136 Å². The summed E-state index contributed by atoms with van der Waals surface area (Å²) in [5.74, 6) is -0.567. The summed E-state index contributed by atoms with van der Waals surface area (Å²) in [5, 5.41) is 2.35. The summed E-state index contributed by atoms with van der Waals surface area (Å²) in [7, 11) is 2.46. The molecule has 6 heteroatoms. The maximum Gasteiger partial charge on any atom is 0.411 e. The molecular formula is C17H23NO5. The van der Waals surface area contributed by atoms with Gasteiger partial charge >= 0.3 is 12.1 Å². The first-order valence-corrected chi connectivity index (χ1v) is 7.28. The van der Waals surface area contributed by atoms with Crippen molar-refractivity contribution in [2.45, 2.75) is 26.6 Å². The molecule has 0 saturated carbocycles. The fourth-order valence-corrected chi connectivity index (χ4v) is 1.80. The van der Waals surface area contributed by atoms with Crippen molar-refractivity contribution in [2.75, 3.05) is 14.2 Å². The highest BCUT2D eigenvalue weighted by atomic mass is 16.5. The smallest absolute Gasteiger partial charge is 0.411 e. The third-order valence-electron chi connectivity index (χ3n) is 3.10. The Morgan fingerprint density at radius 1 is 1.13 bits per heavy atom. The van der Waals surface area contributed by atoms with Crippen molar-refractivity contribution in [3.8, 4) is 0 Å². The summed E-state index contributed by atoms with van der Waals surface area (Å²) in [6.45, 7) is 4.31. The number of carbonyl (C=O) groups is 2. The second-order valence-electron chi connectivity index (χ2n) is 5.19. The molecule has 0 fully saturated rings. The van der Waals surface area contributed by atoms with Gasteiger partial charge in [-0.15, -0.1) is 0 Å². The number of benzene rings is 1. The molecule has 0 aromatic heterocycles. The molecule has 0 bridgehead atoms. The van der Waals surface area contributed by atoms with Crippen molar-refractivity contribution in [3.05, 3.63) is 47.7 Å². The molecule has 0 aliphatic rings. The quantitative estimate of drug-likeness (QED) is 0.617. The van der Waals surface area contributed by atoms with Crippen molar-refractivity contribution in [2.24, 2.45) is 5.92 Å². The SMILES string of the molecule is COC(=O)N/C(=C\[C@H](OCc1ccccc1)C(C)C)C(=O)OC. The van der Waals surface area contributed by atoms with Gasteiger partial charge in [0.05, 0.1) is 26.9 Å². The van der Waals surface area contributed by atoms with Crippen LogP contribution in [0.3, 0.4) is 0 Å². The van der Waals surface area contributed by atoms with Crippen LogP contribution in [0.1, 0.15) is 19.4 Å². The lowest BCUT2D eigenvalue weighted by Crippen LogP contribution is -2.30. The Bertz CT molecular complexity index is 539. The number of alkyl carbamates (subject to hydrolysis) is 1. The summed E-state index contributed by atoms with van der Waals surface area (Å²) in [4.78, 5) is 23.1. The highest BCUT2D eigenvalue weighted by molar-refractivity contribution is 5.92. The normalized spacial score (nSPS) is 12.7. The van der Waals surface area contributed by atoms with E-state index in [9.17, 15) is 9.59 Å². The maximum absolute atomic E-state index is 11.8. The number of rotatable bonds is 7. The molecule has 23 heavy (non-hydrogen) atoms. The van der Waals surface area contributed by atoms with Gasteiger partial charge in [0.15, 0.2) is 0 Å². The third-order valence-corrected chi connectivity index (χ3v) is 3.10. The zero-order chi connectivity index (χ0) is 17.2. The predicted molar refractivity (Wildman–Crippen MR) is 85.5 cm³/mol. The molecule has 0 unspecified atom stereocenters. The van der Waals surface area contributed by atoms with Gasteiger partial charge < -0.3 is 14.2 Å². The van der Waals surface area contributed by atoms with E-state index in [1.165, 1.54) is 20.3 Å². The third kappa shape index (κ3) is 6.52. The van der Waals surface area contributed by atoms with Crippen molar-refractivity contribution < 1.29 is 23.8 Å². The molecule has 0 heterocycles. The highest BCUT2D eigenvalue weighted by Gasteiger charge is 2.19. The first kappa shape index (κ1) is 18.7. The van der Waals surface area contributed by atoms with E-state index in [4.69, 9.17) is 4.74 Å². The molecular weight excluding hydrogens is 298 g/mol. The summed E-state index contributed by atoms with van der Waals surface area (Å²) >= 11 is 0. The van der Waals surface area contributed by atoms with Gasteiger partial charge in [-0.2, -0.15) is 0 Å². The summed E-state index contributed by atoms with van der Waals surface area (Å²) in [6, 6.07) is 9.69. The van der Waals surface area contributed by atoms with E-state index in [1.807, 2.05) is 44.2 Å². The van der Waals surface area contributed by atoms with Crippen LogP contribution >= 0.6 is 0 Å². The second-order valence-corrected chi connectivity index (χ2v) is 5.19. The number of nitrogens with one attached hydrogen (secondary N) is 1. The van der Waals surface area contributed by atoms with E-state index in [0.717, 1.165) is 5.56 Å². The van der Waals surface area contributed by atoms with Crippen molar-refractivity contribution in [3.63, 3.8) is 0 Å². The van der Waals surface area contributed by atoms with Crippen LogP contribution in [-0.2, 0) is 25.6 Å². The molecule has 0 aliphatic carbocycles. The van der Waals surface area contributed by atoms with E-state index >= 15 is 0 Å². The molecule has 1 rings (SSSR count). The molecule has 1 aromatic carbocycles. The zero-order valence-corrected chi connectivity index (χ0v) is 13.9. The van der Waals surface area contributed by atoms with Gasteiger partial charge in [-0.1, -0.05) is 44.2 Å². The molecule has 1 atom stereocenters. The molecule has 1 N–H and O–H groups in total. The summed E-state index contributed by atoms with van der Waals surface area (Å²) in [5.41, 5.74) is 1.01. The predicted octanol–water partition coefficient (Wildman–Crippen LogP) is 2.64. The van der Waals surface area contributed by atoms with E-state index in [0.29, 0.717) is 6.61 Å². The van der Waals surface area contributed by atoms with Crippen LogP contribution in [0.4, 0.5) is 4.79 Å². The lowest BCUT2D eigenvalue weighted by atomic mass is 10.1. The molecule has 0 spiro atoms. The van der Waals surface area contributed by atoms with Crippen molar-refractivity contribution in [1.82, 2.24) is 5.32 Å². The second kappa shape index (κ2) is 9.63. The molecule has 0 saturated heterocycles. The summed E-state index contributed by atoms with van der Waals surface area (Å²) < 4.78 is 15.0. The highest BCUT2D eigenvalue weighted by Crippen LogP contribution is 2.14. The van der Waals surface area contributed by atoms with Gasteiger partial charge in [0.25, 0.3) is 0 Å². The minimum atomic E-state index is -0.743. The molecule has 1 aromatic rings. The number of amides is 1. The van der Waals surface area contributed by atoms with Crippen LogP contribution in [-0.4, -0.2) is 32.4 Å². The monoisotopic (exact) mass is 321 g/mol. The van der Waals surface area contributed by atoms with E-state index in [2.05, 4.69) is 14.8 Å².